The van der Waals surface area contributed by atoms with Crippen LogP contribution in [-0.4, -0.2) is 26.8 Å². The highest BCUT2D eigenvalue weighted by Gasteiger charge is 2.06. The molecule has 25 heavy (non-hydrogen) atoms. The maximum Gasteiger partial charge on any atom is 0.211 e. The van der Waals surface area contributed by atoms with Crippen molar-refractivity contribution < 1.29 is 9.15 Å². The Bertz CT molecular complexity index is 879. The first-order valence-electron chi connectivity index (χ1n) is 7.39. The lowest BCUT2D eigenvalue weighted by Gasteiger charge is -2.06. The number of hydrogen-bond acceptors (Lipinski definition) is 6. The highest BCUT2D eigenvalue weighted by molar-refractivity contribution is 7.99. The normalized spacial score (nSPS) is 11.3. The molecule has 0 saturated heterocycles. The predicted octanol–water partition coefficient (Wildman–Crippen LogP) is 4.75. The summed E-state index contributed by atoms with van der Waals surface area (Å²) in [5.74, 6) is 2.69. The maximum atomic E-state index is 6.07. The molecule has 0 spiro atoms. The van der Waals surface area contributed by atoms with E-state index in [4.69, 9.17) is 32.4 Å². The van der Waals surface area contributed by atoms with Crippen molar-refractivity contribution in [2.24, 2.45) is 5.10 Å². The van der Waals surface area contributed by atoms with Gasteiger partial charge in [-0.15, -0.1) is 10.2 Å². The molecule has 0 N–H and O–H groups in total. The highest BCUT2D eigenvalue weighted by Crippen LogP contribution is 2.28. The molecule has 2 heterocycles. The number of ether oxygens (including phenoxy) is 1. The van der Waals surface area contributed by atoms with Gasteiger partial charge in [0.05, 0.1) is 11.2 Å². The summed E-state index contributed by atoms with van der Waals surface area (Å²) in [5, 5.41) is 13.9. The molecular weight excluding hydrogens is 383 g/mol. The first-order valence-corrected chi connectivity index (χ1v) is 9.13. The fourth-order valence-corrected chi connectivity index (χ4v) is 2.98. The van der Waals surface area contributed by atoms with E-state index < -0.39 is 0 Å². The van der Waals surface area contributed by atoms with Crippen molar-refractivity contribution in [1.82, 2.24) is 14.9 Å². The van der Waals surface area contributed by atoms with Gasteiger partial charge in [0.15, 0.2) is 0 Å². The van der Waals surface area contributed by atoms with Crippen LogP contribution in [0.3, 0.4) is 0 Å². The molecule has 3 aromatic rings. The highest BCUT2D eigenvalue weighted by atomic mass is 35.5. The first kappa shape index (κ1) is 17.8. The van der Waals surface area contributed by atoms with E-state index in [1.165, 1.54) is 0 Å². The van der Waals surface area contributed by atoms with Gasteiger partial charge < -0.3 is 9.15 Å². The molecule has 0 radical (unpaired) electrons. The molecule has 0 aliphatic heterocycles. The first-order chi connectivity index (χ1) is 12.2. The number of furan rings is 1. The van der Waals surface area contributed by atoms with Crippen LogP contribution in [0.2, 0.25) is 10.0 Å². The minimum atomic E-state index is 0.249. The minimum Gasteiger partial charge on any atom is -0.484 e. The van der Waals surface area contributed by atoms with Crippen LogP contribution in [0, 0.1) is 0 Å². The van der Waals surface area contributed by atoms with Gasteiger partial charge in [-0.3, -0.25) is 0 Å². The summed E-state index contributed by atoms with van der Waals surface area (Å²) in [4.78, 5) is 0. The zero-order valence-corrected chi connectivity index (χ0v) is 15.6. The summed E-state index contributed by atoms with van der Waals surface area (Å²) in [5.41, 5.74) is 0. The molecule has 0 aliphatic carbocycles. The molecule has 6 nitrogen and oxygen atoms in total. The molecule has 0 unspecified atom stereocenters. The third-order valence-electron chi connectivity index (χ3n) is 3.03. The average molecular weight is 397 g/mol. The molecule has 0 fully saturated rings. The van der Waals surface area contributed by atoms with Crippen LogP contribution in [0.5, 0.6) is 5.75 Å². The summed E-state index contributed by atoms with van der Waals surface area (Å²) < 4.78 is 12.9. The standard InChI is InChI=1S/C16H14Cl2N4O2S/c1-2-25-16-21-19-10-22(16)20-8-12-4-5-13(24-12)9-23-15-6-3-11(17)7-14(15)18/h3-8,10H,2,9H2,1H3/b20-8-. The van der Waals surface area contributed by atoms with Gasteiger partial charge >= 0.3 is 0 Å². The fraction of sp³-hybridized carbons (Fsp3) is 0.188. The predicted molar refractivity (Wildman–Crippen MR) is 98.9 cm³/mol. The van der Waals surface area contributed by atoms with Crippen LogP contribution in [0.4, 0.5) is 0 Å². The Morgan fingerprint density at radius 1 is 1.32 bits per heavy atom. The van der Waals surface area contributed by atoms with Gasteiger partial charge in [0.25, 0.3) is 0 Å². The van der Waals surface area contributed by atoms with E-state index in [2.05, 4.69) is 15.3 Å². The van der Waals surface area contributed by atoms with Gasteiger partial charge in [-0.25, -0.2) is 0 Å². The van der Waals surface area contributed by atoms with Crippen LogP contribution in [0.25, 0.3) is 0 Å². The van der Waals surface area contributed by atoms with Crippen molar-refractivity contribution in [1.29, 1.82) is 0 Å². The number of rotatable bonds is 7. The lowest BCUT2D eigenvalue weighted by atomic mass is 10.3. The molecule has 130 valence electrons. The van der Waals surface area contributed by atoms with Crippen molar-refractivity contribution in [2.45, 2.75) is 18.7 Å². The third-order valence-corrected chi connectivity index (χ3v) is 4.38. The Hall–Kier alpha value is -1.96. The third kappa shape index (κ3) is 4.78. The molecule has 3 rings (SSSR count). The molecule has 0 bridgehead atoms. The maximum absolute atomic E-state index is 6.07. The lowest BCUT2D eigenvalue weighted by molar-refractivity contribution is 0.270. The van der Waals surface area contributed by atoms with Crippen molar-refractivity contribution >= 4 is 41.2 Å². The van der Waals surface area contributed by atoms with Gasteiger partial charge in [0, 0.05) is 5.02 Å². The summed E-state index contributed by atoms with van der Waals surface area (Å²) in [6.07, 6.45) is 3.14. The second-order valence-electron chi connectivity index (χ2n) is 4.80. The molecule has 0 saturated carbocycles. The largest absolute Gasteiger partial charge is 0.484 e. The zero-order valence-electron chi connectivity index (χ0n) is 13.2. The Kier molecular flexibility index (Phi) is 6.01. The number of thioether (sulfide) groups is 1. The number of halogens is 2. The number of hydrogen-bond donors (Lipinski definition) is 0. The van der Waals surface area contributed by atoms with Crippen LogP contribution in [-0.2, 0) is 6.61 Å². The Morgan fingerprint density at radius 3 is 3.00 bits per heavy atom. The Balaban J connectivity index is 1.62. The molecular formula is C16H14Cl2N4O2S. The Morgan fingerprint density at radius 2 is 2.20 bits per heavy atom. The van der Waals surface area contributed by atoms with E-state index in [9.17, 15) is 0 Å². The van der Waals surface area contributed by atoms with E-state index in [1.807, 2.05) is 19.1 Å². The van der Waals surface area contributed by atoms with Gasteiger partial charge in [-0.05, 0) is 36.1 Å². The van der Waals surface area contributed by atoms with Crippen LogP contribution in [0.1, 0.15) is 18.4 Å². The number of aromatic nitrogens is 3. The van der Waals surface area contributed by atoms with E-state index in [0.717, 1.165) is 10.9 Å². The quantitative estimate of drug-likeness (QED) is 0.425. The van der Waals surface area contributed by atoms with Gasteiger partial charge in [-0.1, -0.05) is 41.9 Å². The summed E-state index contributed by atoms with van der Waals surface area (Å²) in [7, 11) is 0. The van der Waals surface area contributed by atoms with Crippen molar-refractivity contribution in [3.05, 3.63) is 58.2 Å². The second-order valence-corrected chi connectivity index (χ2v) is 6.88. The number of benzene rings is 1. The van der Waals surface area contributed by atoms with Gasteiger partial charge in [0.1, 0.15) is 30.2 Å². The summed E-state index contributed by atoms with van der Waals surface area (Å²) >= 11 is 13.5. The van der Waals surface area contributed by atoms with Crippen molar-refractivity contribution in [3.63, 3.8) is 0 Å². The molecule has 1 aromatic carbocycles. The summed E-state index contributed by atoms with van der Waals surface area (Å²) in [6, 6.07) is 8.69. The van der Waals surface area contributed by atoms with Gasteiger partial charge in [0.2, 0.25) is 5.16 Å². The average Bonchev–Trinajstić information content (AvgIpc) is 3.22. The molecule has 0 atom stereocenters. The zero-order chi connectivity index (χ0) is 17.6. The van der Waals surface area contributed by atoms with Crippen molar-refractivity contribution in [3.8, 4) is 5.75 Å². The Labute approximate surface area is 158 Å². The SMILES string of the molecule is CCSc1nncn1/N=C\c1ccc(COc2ccc(Cl)cc2Cl)o1. The van der Waals surface area contributed by atoms with Crippen LogP contribution < -0.4 is 4.74 Å². The molecule has 2 aromatic heterocycles. The smallest absolute Gasteiger partial charge is 0.211 e. The fourth-order valence-electron chi connectivity index (χ4n) is 1.92. The van der Waals surface area contributed by atoms with Crippen LogP contribution >= 0.6 is 35.0 Å². The molecule has 0 aliphatic rings. The van der Waals surface area contributed by atoms with E-state index in [-0.39, 0.29) is 6.61 Å². The van der Waals surface area contributed by atoms with E-state index in [1.54, 1.807) is 47.2 Å². The monoisotopic (exact) mass is 396 g/mol. The molecule has 9 heteroatoms. The van der Waals surface area contributed by atoms with E-state index in [0.29, 0.717) is 27.3 Å². The number of nitrogens with zero attached hydrogens (tertiary/aromatic N) is 4. The van der Waals surface area contributed by atoms with Gasteiger partial charge in [-0.2, -0.15) is 9.78 Å². The minimum absolute atomic E-state index is 0.249. The molecule has 0 amide bonds. The summed E-state index contributed by atoms with van der Waals surface area (Å²) in [6.45, 7) is 2.29. The topological polar surface area (TPSA) is 65.4 Å². The van der Waals surface area contributed by atoms with Crippen molar-refractivity contribution in [2.75, 3.05) is 5.75 Å². The van der Waals surface area contributed by atoms with E-state index >= 15 is 0 Å². The van der Waals surface area contributed by atoms with Crippen LogP contribution in [0.15, 0.2) is 51.3 Å². The second kappa shape index (κ2) is 8.42. The lowest BCUT2D eigenvalue weighted by Crippen LogP contribution is -1.94.